The number of rotatable bonds is 8. The minimum Gasteiger partial charge on any atom is -0.378 e. The van der Waals surface area contributed by atoms with E-state index in [4.69, 9.17) is 0 Å². The van der Waals surface area contributed by atoms with E-state index in [1.54, 1.807) is 0 Å². The first-order valence-corrected chi connectivity index (χ1v) is 11.4. The zero-order chi connectivity index (χ0) is 22.3. The van der Waals surface area contributed by atoms with Crippen molar-refractivity contribution in [2.24, 2.45) is 0 Å². The van der Waals surface area contributed by atoms with Gasteiger partial charge in [0.1, 0.15) is 0 Å². The van der Waals surface area contributed by atoms with Crippen LogP contribution in [0.4, 0.5) is 11.4 Å². The number of carbonyl (C=O) groups is 1. The summed E-state index contributed by atoms with van der Waals surface area (Å²) in [5, 5.41) is 15.8. The summed E-state index contributed by atoms with van der Waals surface area (Å²) in [6, 6.07) is 25.9. The highest BCUT2D eigenvalue weighted by atomic mass is 32.2. The number of nitrogens with one attached hydrogen (secondary N) is 2. The van der Waals surface area contributed by atoms with Gasteiger partial charge < -0.3 is 10.6 Å². The van der Waals surface area contributed by atoms with E-state index >= 15 is 0 Å². The number of thioether (sulfide) groups is 1. The highest BCUT2D eigenvalue weighted by Gasteiger charge is 2.16. The van der Waals surface area contributed by atoms with Crippen molar-refractivity contribution in [2.45, 2.75) is 25.5 Å². The molecule has 1 aromatic heterocycles. The summed E-state index contributed by atoms with van der Waals surface area (Å²) >= 11 is 1.37. The Balaban J connectivity index is 1.48. The van der Waals surface area contributed by atoms with Gasteiger partial charge in [0.25, 0.3) is 0 Å². The molecule has 4 rings (SSSR count). The molecule has 0 unspecified atom stereocenters. The zero-order valence-electron chi connectivity index (χ0n) is 18.1. The molecule has 0 bridgehead atoms. The molecule has 0 fully saturated rings. The largest absolute Gasteiger partial charge is 0.378 e. The molecule has 0 aliphatic heterocycles. The van der Waals surface area contributed by atoms with Crippen molar-refractivity contribution in [3.05, 3.63) is 95.8 Å². The van der Waals surface area contributed by atoms with E-state index in [1.165, 1.54) is 17.3 Å². The highest BCUT2D eigenvalue weighted by molar-refractivity contribution is 7.99. The van der Waals surface area contributed by atoms with E-state index in [2.05, 4.69) is 39.9 Å². The summed E-state index contributed by atoms with van der Waals surface area (Å²) in [6.45, 7) is 4.60. The Morgan fingerprint density at radius 2 is 1.47 bits per heavy atom. The monoisotopic (exact) mass is 443 g/mol. The molecule has 0 spiro atoms. The molecule has 2 N–H and O–H groups in total. The quantitative estimate of drug-likeness (QED) is 0.365. The minimum atomic E-state index is -0.0826. The molecular weight excluding hydrogens is 418 g/mol. The summed E-state index contributed by atoms with van der Waals surface area (Å²) in [5.74, 6) is 0.934. The normalized spacial score (nSPS) is 10.7. The SMILES string of the molecule is Cc1ccc(NCc2nnc(SCC(=O)Nc3ccc(C)cc3)n2-c2ccccc2)cc1. The van der Waals surface area contributed by atoms with Crippen LogP contribution in [0.3, 0.4) is 0 Å². The number of benzene rings is 3. The number of anilines is 2. The third-order valence-electron chi connectivity index (χ3n) is 4.88. The minimum absolute atomic E-state index is 0.0826. The molecule has 0 aliphatic rings. The maximum Gasteiger partial charge on any atom is 0.234 e. The molecule has 162 valence electrons. The van der Waals surface area contributed by atoms with Crippen molar-refractivity contribution in [3.63, 3.8) is 0 Å². The number of hydrogen-bond donors (Lipinski definition) is 2. The van der Waals surface area contributed by atoms with Crippen molar-refractivity contribution in [1.29, 1.82) is 0 Å². The topological polar surface area (TPSA) is 71.8 Å². The molecule has 0 saturated heterocycles. The van der Waals surface area contributed by atoms with Crippen LogP contribution in [0.15, 0.2) is 84.0 Å². The van der Waals surface area contributed by atoms with Crippen LogP contribution in [0.1, 0.15) is 17.0 Å². The molecule has 3 aromatic carbocycles. The van der Waals surface area contributed by atoms with Crippen LogP contribution < -0.4 is 10.6 Å². The van der Waals surface area contributed by atoms with Gasteiger partial charge in [-0.1, -0.05) is 65.4 Å². The summed E-state index contributed by atoms with van der Waals surface area (Å²) in [6.07, 6.45) is 0. The lowest BCUT2D eigenvalue weighted by molar-refractivity contribution is -0.113. The first-order valence-electron chi connectivity index (χ1n) is 10.4. The summed E-state index contributed by atoms with van der Waals surface area (Å²) in [5.41, 5.74) is 5.13. The number of amides is 1. The highest BCUT2D eigenvalue weighted by Crippen LogP contribution is 2.23. The van der Waals surface area contributed by atoms with Crippen LogP contribution in [0.2, 0.25) is 0 Å². The average Bonchev–Trinajstić information content (AvgIpc) is 3.22. The Morgan fingerprint density at radius 3 is 2.12 bits per heavy atom. The second-order valence-corrected chi connectivity index (χ2v) is 8.43. The zero-order valence-corrected chi connectivity index (χ0v) is 18.9. The van der Waals surface area contributed by atoms with Gasteiger partial charge in [-0.05, 0) is 50.2 Å². The fraction of sp³-hybridized carbons (Fsp3) is 0.160. The van der Waals surface area contributed by atoms with Gasteiger partial charge in [-0.3, -0.25) is 9.36 Å². The van der Waals surface area contributed by atoms with E-state index in [9.17, 15) is 4.79 Å². The van der Waals surface area contributed by atoms with Crippen LogP contribution in [-0.2, 0) is 11.3 Å². The van der Waals surface area contributed by atoms with Crippen molar-refractivity contribution in [3.8, 4) is 5.69 Å². The predicted octanol–water partition coefficient (Wildman–Crippen LogP) is 5.23. The van der Waals surface area contributed by atoms with Gasteiger partial charge in [-0.2, -0.15) is 0 Å². The van der Waals surface area contributed by atoms with Gasteiger partial charge in [-0.15, -0.1) is 10.2 Å². The molecule has 0 aliphatic carbocycles. The molecule has 1 amide bonds. The lowest BCUT2D eigenvalue weighted by Crippen LogP contribution is -2.15. The van der Waals surface area contributed by atoms with Gasteiger partial charge in [-0.25, -0.2) is 0 Å². The molecular formula is C25H25N5OS. The van der Waals surface area contributed by atoms with Crippen molar-refractivity contribution in [2.75, 3.05) is 16.4 Å². The number of aromatic nitrogens is 3. The predicted molar refractivity (Wildman–Crippen MR) is 130 cm³/mol. The van der Waals surface area contributed by atoms with Gasteiger partial charge >= 0.3 is 0 Å². The fourth-order valence-electron chi connectivity index (χ4n) is 3.16. The number of aryl methyl sites for hydroxylation is 2. The van der Waals surface area contributed by atoms with Crippen LogP contribution in [0.5, 0.6) is 0 Å². The van der Waals surface area contributed by atoms with Crippen LogP contribution in [0.25, 0.3) is 5.69 Å². The van der Waals surface area contributed by atoms with Gasteiger partial charge in [0.15, 0.2) is 11.0 Å². The van der Waals surface area contributed by atoms with Crippen molar-refractivity contribution < 1.29 is 4.79 Å². The number of nitrogens with zero attached hydrogens (tertiary/aromatic N) is 3. The first-order chi connectivity index (χ1) is 15.6. The molecule has 1 heterocycles. The second kappa shape index (κ2) is 10.2. The van der Waals surface area contributed by atoms with E-state index in [0.29, 0.717) is 11.7 Å². The van der Waals surface area contributed by atoms with E-state index in [0.717, 1.165) is 28.5 Å². The lowest BCUT2D eigenvalue weighted by atomic mass is 10.2. The van der Waals surface area contributed by atoms with E-state index in [-0.39, 0.29) is 11.7 Å². The first kappa shape index (κ1) is 21.6. The van der Waals surface area contributed by atoms with E-state index in [1.807, 2.05) is 78.2 Å². The van der Waals surface area contributed by atoms with Gasteiger partial charge in [0.2, 0.25) is 5.91 Å². The van der Waals surface area contributed by atoms with Crippen LogP contribution in [-0.4, -0.2) is 26.4 Å². The maximum absolute atomic E-state index is 12.5. The molecule has 0 saturated carbocycles. The second-order valence-electron chi connectivity index (χ2n) is 7.49. The van der Waals surface area contributed by atoms with Crippen LogP contribution in [0, 0.1) is 13.8 Å². The van der Waals surface area contributed by atoms with Gasteiger partial charge in [0, 0.05) is 17.1 Å². The number of hydrogen-bond acceptors (Lipinski definition) is 5. The van der Waals surface area contributed by atoms with Gasteiger partial charge in [0.05, 0.1) is 12.3 Å². The van der Waals surface area contributed by atoms with Crippen LogP contribution >= 0.6 is 11.8 Å². The molecule has 0 radical (unpaired) electrons. The maximum atomic E-state index is 12.5. The smallest absolute Gasteiger partial charge is 0.234 e. The number of carbonyl (C=O) groups excluding carboxylic acids is 1. The third kappa shape index (κ3) is 5.56. The molecule has 32 heavy (non-hydrogen) atoms. The Labute approximate surface area is 192 Å². The Morgan fingerprint density at radius 1 is 0.844 bits per heavy atom. The number of para-hydroxylation sites is 1. The fourth-order valence-corrected chi connectivity index (χ4v) is 3.93. The lowest BCUT2D eigenvalue weighted by Gasteiger charge is -2.11. The van der Waals surface area contributed by atoms with Crippen molar-refractivity contribution in [1.82, 2.24) is 14.8 Å². The van der Waals surface area contributed by atoms with Crippen molar-refractivity contribution >= 4 is 29.0 Å². The summed E-state index contributed by atoms with van der Waals surface area (Å²) in [4.78, 5) is 12.5. The molecule has 6 nitrogen and oxygen atoms in total. The Hall–Kier alpha value is -3.58. The third-order valence-corrected chi connectivity index (χ3v) is 5.81. The summed E-state index contributed by atoms with van der Waals surface area (Å²) < 4.78 is 1.99. The summed E-state index contributed by atoms with van der Waals surface area (Å²) in [7, 11) is 0. The molecule has 7 heteroatoms. The average molecular weight is 444 g/mol. The Bertz CT molecular complexity index is 1170. The molecule has 0 atom stereocenters. The Kier molecular flexibility index (Phi) is 6.87. The van der Waals surface area contributed by atoms with E-state index < -0.39 is 0 Å². The molecule has 4 aromatic rings. The standard InChI is InChI=1S/C25H25N5OS/c1-18-8-12-20(13-9-18)26-16-23-28-29-25(30(23)22-6-4-3-5-7-22)32-17-24(31)27-21-14-10-19(2)11-15-21/h3-15,26H,16-17H2,1-2H3,(H,27,31).